The molecule has 23 heavy (non-hydrogen) atoms. The van der Waals surface area contributed by atoms with Gasteiger partial charge in [0.25, 0.3) is 11.8 Å². The Morgan fingerprint density at radius 1 is 1.22 bits per heavy atom. The molecule has 126 valence electrons. The second-order valence-electron chi connectivity index (χ2n) is 5.66. The first-order valence-corrected chi connectivity index (χ1v) is 7.62. The van der Waals surface area contributed by atoms with Crippen LogP contribution in [0.3, 0.4) is 0 Å². The zero-order chi connectivity index (χ0) is 16.8. The summed E-state index contributed by atoms with van der Waals surface area (Å²) in [6.07, 6.45) is 6.81. The van der Waals surface area contributed by atoms with Gasteiger partial charge >= 0.3 is 0 Å². The zero-order valence-electron chi connectivity index (χ0n) is 12.7. The van der Waals surface area contributed by atoms with Crippen molar-refractivity contribution < 1.29 is 25.0 Å². The zero-order valence-corrected chi connectivity index (χ0v) is 12.7. The SMILES string of the molecule is O=C(NCC1CCCCC1)c1cnc(C(=O)NO)c(O)c1CO. The number of aliphatic hydroxyl groups is 1. The maximum Gasteiger partial charge on any atom is 0.297 e. The number of carbonyl (C=O) groups excluding carboxylic acids is 2. The van der Waals surface area contributed by atoms with Crippen molar-refractivity contribution in [2.75, 3.05) is 6.54 Å². The van der Waals surface area contributed by atoms with E-state index in [0.29, 0.717) is 12.5 Å². The molecule has 0 radical (unpaired) electrons. The molecule has 2 amide bonds. The topological polar surface area (TPSA) is 132 Å². The number of nitrogens with zero attached hydrogens (tertiary/aromatic N) is 1. The van der Waals surface area contributed by atoms with E-state index in [4.69, 9.17) is 5.21 Å². The minimum atomic E-state index is -1.02. The van der Waals surface area contributed by atoms with Crippen molar-refractivity contribution in [3.63, 3.8) is 0 Å². The van der Waals surface area contributed by atoms with Crippen LogP contribution in [0.1, 0.15) is 58.5 Å². The fourth-order valence-corrected chi connectivity index (χ4v) is 2.84. The van der Waals surface area contributed by atoms with Gasteiger partial charge < -0.3 is 15.5 Å². The van der Waals surface area contributed by atoms with Gasteiger partial charge in [-0.3, -0.25) is 14.8 Å². The third-order valence-corrected chi connectivity index (χ3v) is 4.15. The smallest absolute Gasteiger partial charge is 0.297 e. The van der Waals surface area contributed by atoms with Gasteiger partial charge in [-0.05, 0) is 18.8 Å². The molecule has 2 rings (SSSR count). The normalized spacial score (nSPS) is 15.2. The standard InChI is InChI=1S/C15H21N3O5/c19-8-11-10(7-16-12(13(11)20)15(22)18-23)14(21)17-6-9-4-2-1-3-5-9/h7,9,19-20,23H,1-6,8H2,(H,17,21)(H,18,22). The van der Waals surface area contributed by atoms with E-state index in [2.05, 4.69) is 10.3 Å². The van der Waals surface area contributed by atoms with Crippen LogP contribution in [0.4, 0.5) is 0 Å². The third kappa shape index (κ3) is 3.96. The van der Waals surface area contributed by atoms with Gasteiger partial charge in [-0.25, -0.2) is 10.5 Å². The van der Waals surface area contributed by atoms with Crippen molar-refractivity contribution >= 4 is 11.8 Å². The van der Waals surface area contributed by atoms with E-state index in [1.807, 2.05) is 0 Å². The molecule has 0 saturated heterocycles. The lowest BCUT2D eigenvalue weighted by Crippen LogP contribution is -2.31. The number of hydrogen-bond acceptors (Lipinski definition) is 6. The second-order valence-corrected chi connectivity index (χ2v) is 5.66. The maximum atomic E-state index is 12.2. The average molecular weight is 323 g/mol. The molecule has 1 heterocycles. The summed E-state index contributed by atoms with van der Waals surface area (Å²) in [4.78, 5) is 27.3. The number of hydroxylamine groups is 1. The van der Waals surface area contributed by atoms with E-state index in [1.54, 1.807) is 0 Å². The van der Waals surface area contributed by atoms with Crippen LogP contribution in [0.25, 0.3) is 0 Å². The van der Waals surface area contributed by atoms with E-state index in [-0.39, 0.29) is 11.1 Å². The van der Waals surface area contributed by atoms with Gasteiger partial charge in [0.1, 0.15) is 0 Å². The lowest BCUT2D eigenvalue weighted by molar-refractivity contribution is 0.0696. The van der Waals surface area contributed by atoms with Crippen LogP contribution in [-0.2, 0) is 6.61 Å². The highest BCUT2D eigenvalue weighted by Crippen LogP contribution is 2.25. The molecule has 1 aliphatic carbocycles. The monoisotopic (exact) mass is 323 g/mol. The summed E-state index contributed by atoms with van der Waals surface area (Å²) < 4.78 is 0. The second kappa shape index (κ2) is 7.89. The molecule has 8 heteroatoms. The Morgan fingerprint density at radius 2 is 1.91 bits per heavy atom. The minimum absolute atomic E-state index is 0.00954. The Balaban J connectivity index is 2.13. The van der Waals surface area contributed by atoms with Crippen molar-refractivity contribution in [1.29, 1.82) is 0 Å². The number of aromatic nitrogens is 1. The largest absolute Gasteiger partial charge is 0.505 e. The van der Waals surface area contributed by atoms with Crippen LogP contribution in [0.5, 0.6) is 5.75 Å². The summed E-state index contributed by atoms with van der Waals surface area (Å²) in [7, 11) is 0. The Morgan fingerprint density at radius 3 is 2.52 bits per heavy atom. The average Bonchev–Trinajstić information content (AvgIpc) is 2.59. The minimum Gasteiger partial charge on any atom is -0.505 e. The Bertz CT molecular complexity index is 585. The molecule has 0 spiro atoms. The third-order valence-electron chi connectivity index (χ3n) is 4.15. The summed E-state index contributed by atoms with van der Waals surface area (Å²) in [5.41, 5.74) is 0.801. The van der Waals surface area contributed by atoms with Crippen LogP contribution in [0.15, 0.2) is 6.20 Å². The highest BCUT2D eigenvalue weighted by molar-refractivity contribution is 5.99. The molecule has 1 fully saturated rings. The molecule has 0 atom stereocenters. The van der Waals surface area contributed by atoms with Crippen LogP contribution in [0.2, 0.25) is 0 Å². The number of aromatic hydroxyl groups is 1. The molecule has 1 aromatic rings. The summed E-state index contributed by atoms with van der Waals surface area (Å²) in [6, 6.07) is 0. The van der Waals surface area contributed by atoms with Gasteiger partial charge in [-0.1, -0.05) is 19.3 Å². The number of pyridine rings is 1. The van der Waals surface area contributed by atoms with E-state index in [1.165, 1.54) is 11.9 Å². The summed E-state index contributed by atoms with van der Waals surface area (Å²) >= 11 is 0. The van der Waals surface area contributed by atoms with Gasteiger partial charge in [0.05, 0.1) is 12.2 Å². The van der Waals surface area contributed by atoms with E-state index >= 15 is 0 Å². The highest BCUT2D eigenvalue weighted by Gasteiger charge is 2.23. The molecule has 1 aliphatic rings. The first-order valence-electron chi connectivity index (χ1n) is 7.62. The molecular formula is C15H21N3O5. The van der Waals surface area contributed by atoms with Gasteiger partial charge in [-0.2, -0.15) is 0 Å². The quantitative estimate of drug-likeness (QED) is 0.400. The maximum absolute atomic E-state index is 12.2. The van der Waals surface area contributed by atoms with Crippen LogP contribution in [-0.4, -0.2) is 38.8 Å². The Kier molecular flexibility index (Phi) is 5.89. The molecule has 0 aromatic carbocycles. The predicted molar refractivity (Wildman–Crippen MR) is 80.0 cm³/mol. The van der Waals surface area contributed by atoms with Gasteiger partial charge in [0.15, 0.2) is 11.4 Å². The molecule has 0 unspecified atom stereocenters. The molecule has 5 N–H and O–H groups in total. The molecule has 0 aliphatic heterocycles. The van der Waals surface area contributed by atoms with Crippen molar-refractivity contribution in [1.82, 2.24) is 15.8 Å². The lowest BCUT2D eigenvalue weighted by Gasteiger charge is -2.22. The van der Waals surface area contributed by atoms with E-state index in [9.17, 15) is 19.8 Å². The summed E-state index contributed by atoms with van der Waals surface area (Å²) in [5.74, 6) is -1.67. The fraction of sp³-hybridized carbons (Fsp3) is 0.533. The molecule has 1 saturated carbocycles. The molecule has 8 nitrogen and oxygen atoms in total. The number of hydrogen-bond donors (Lipinski definition) is 5. The highest BCUT2D eigenvalue weighted by atomic mass is 16.5. The number of rotatable bonds is 5. The van der Waals surface area contributed by atoms with Crippen molar-refractivity contribution in [2.24, 2.45) is 5.92 Å². The van der Waals surface area contributed by atoms with Gasteiger partial charge in [0.2, 0.25) is 0 Å². The first kappa shape index (κ1) is 17.2. The number of nitrogens with one attached hydrogen (secondary N) is 2. The van der Waals surface area contributed by atoms with Gasteiger partial charge in [0, 0.05) is 18.3 Å². The molecular weight excluding hydrogens is 302 g/mol. The van der Waals surface area contributed by atoms with Gasteiger partial charge in [-0.15, -0.1) is 0 Å². The Labute approximate surface area is 133 Å². The summed E-state index contributed by atoms with van der Waals surface area (Å²) in [6.45, 7) is -0.102. The Hall–Kier alpha value is -2.19. The van der Waals surface area contributed by atoms with Crippen LogP contribution < -0.4 is 10.8 Å². The fourth-order valence-electron chi connectivity index (χ4n) is 2.84. The predicted octanol–water partition coefficient (Wildman–Crippen LogP) is 0.709. The molecule has 0 bridgehead atoms. The first-order chi connectivity index (χ1) is 11.1. The van der Waals surface area contributed by atoms with E-state index < -0.39 is 29.9 Å². The summed E-state index contributed by atoms with van der Waals surface area (Å²) in [5, 5.41) is 30.7. The van der Waals surface area contributed by atoms with Crippen molar-refractivity contribution in [2.45, 2.75) is 38.7 Å². The van der Waals surface area contributed by atoms with Crippen LogP contribution >= 0.6 is 0 Å². The number of amides is 2. The van der Waals surface area contributed by atoms with Crippen molar-refractivity contribution in [3.8, 4) is 5.75 Å². The molecule has 1 aromatic heterocycles. The lowest BCUT2D eigenvalue weighted by atomic mass is 9.89. The van der Waals surface area contributed by atoms with E-state index in [0.717, 1.165) is 31.9 Å². The number of aliphatic hydroxyl groups excluding tert-OH is 1. The van der Waals surface area contributed by atoms with Crippen LogP contribution in [0, 0.1) is 5.92 Å². The van der Waals surface area contributed by atoms with Crippen molar-refractivity contribution in [3.05, 3.63) is 23.0 Å². The number of carbonyl (C=O) groups is 2.